The van der Waals surface area contributed by atoms with Gasteiger partial charge in [0.25, 0.3) is 0 Å². The van der Waals surface area contributed by atoms with Crippen LogP contribution in [-0.4, -0.2) is 49.4 Å². The van der Waals surface area contributed by atoms with Crippen LogP contribution in [-0.2, 0) is 4.79 Å². The Morgan fingerprint density at radius 1 is 1.19 bits per heavy atom. The molecule has 5 nitrogen and oxygen atoms in total. The molecule has 2 fully saturated rings. The second-order valence-electron chi connectivity index (χ2n) is 7.28. The van der Waals surface area contributed by atoms with Gasteiger partial charge in [0.05, 0.1) is 7.11 Å². The largest absolute Gasteiger partial charge is 0.494 e. The summed E-state index contributed by atoms with van der Waals surface area (Å²) < 4.78 is 18.5. The Bertz CT molecular complexity index is 652. The van der Waals surface area contributed by atoms with E-state index in [0.29, 0.717) is 6.04 Å². The third kappa shape index (κ3) is 5.04. The van der Waals surface area contributed by atoms with Crippen LogP contribution in [0.4, 0.5) is 4.39 Å². The Balaban J connectivity index is 1.40. The molecule has 0 radical (unpaired) electrons. The smallest absolute Gasteiger partial charge is 0.223 e. The molecule has 0 aromatic heterocycles. The van der Waals surface area contributed by atoms with Crippen molar-refractivity contribution in [3.63, 3.8) is 0 Å². The summed E-state index contributed by atoms with van der Waals surface area (Å²) >= 11 is 0. The van der Waals surface area contributed by atoms with Gasteiger partial charge in [-0.25, -0.2) is 4.39 Å². The second kappa shape index (κ2) is 8.62. The normalized spacial score (nSPS) is 18.0. The van der Waals surface area contributed by atoms with Crippen LogP contribution in [0.25, 0.3) is 0 Å². The summed E-state index contributed by atoms with van der Waals surface area (Å²) in [7, 11) is 1.38. The van der Waals surface area contributed by atoms with Gasteiger partial charge >= 0.3 is 0 Å². The maximum absolute atomic E-state index is 13.7. The van der Waals surface area contributed by atoms with Crippen molar-refractivity contribution >= 4 is 11.7 Å². The zero-order valence-corrected chi connectivity index (χ0v) is 15.3. The maximum atomic E-state index is 13.7. The van der Waals surface area contributed by atoms with Crippen molar-refractivity contribution in [1.82, 2.24) is 10.2 Å². The molecule has 0 bridgehead atoms. The van der Waals surface area contributed by atoms with Crippen molar-refractivity contribution in [3.8, 4) is 5.75 Å². The van der Waals surface area contributed by atoms with E-state index in [1.807, 2.05) is 4.90 Å². The first-order valence-electron chi connectivity index (χ1n) is 9.44. The molecule has 3 rings (SSSR count). The molecular formula is C20H27FN2O3. The first-order chi connectivity index (χ1) is 12.6. The quantitative estimate of drug-likeness (QED) is 0.723. The van der Waals surface area contributed by atoms with Crippen molar-refractivity contribution < 1.29 is 18.7 Å². The van der Waals surface area contributed by atoms with Gasteiger partial charge in [-0.15, -0.1) is 0 Å². The highest BCUT2D eigenvalue weighted by Crippen LogP contribution is 2.28. The average Bonchev–Trinajstić information content (AvgIpc) is 3.49. The first-order valence-corrected chi connectivity index (χ1v) is 9.44. The molecule has 1 N–H and O–H groups in total. The number of carbonyl (C=O) groups is 2. The van der Waals surface area contributed by atoms with Crippen molar-refractivity contribution in [3.05, 3.63) is 29.6 Å². The summed E-state index contributed by atoms with van der Waals surface area (Å²) in [5, 5.41) is 3.59. The van der Waals surface area contributed by atoms with Crippen molar-refractivity contribution in [2.75, 3.05) is 26.7 Å². The lowest BCUT2D eigenvalue weighted by Crippen LogP contribution is -2.45. The Kier molecular flexibility index (Phi) is 6.25. The van der Waals surface area contributed by atoms with E-state index in [2.05, 4.69) is 5.32 Å². The molecule has 1 heterocycles. The number of amides is 1. The summed E-state index contributed by atoms with van der Waals surface area (Å²) in [6.45, 7) is 2.59. The lowest BCUT2D eigenvalue weighted by Gasteiger charge is -2.32. The van der Waals surface area contributed by atoms with Crippen molar-refractivity contribution in [2.24, 2.45) is 5.92 Å². The van der Waals surface area contributed by atoms with Gasteiger partial charge in [-0.1, -0.05) is 0 Å². The molecule has 2 aliphatic rings. The minimum atomic E-state index is -0.564. The molecule has 1 saturated heterocycles. The van der Waals surface area contributed by atoms with Gasteiger partial charge < -0.3 is 15.0 Å². The van der Waals surface area contributed by atoms with E-state index in [1.54, 1.807) is 0 Å². The fourth-order valence-corrected chi connectivity index (χ4v) is 3.35. The minimum Gasteiger partial charge on any atom is -0.494 e. The van der Waals surface area contributed by atoms with Crippen LogP contribution in [0.2, 0.25) is 0 Å². The van der Waals surface area contributed by atoms with Gasteiger partial charge in [0.15, 0.2) is 17.3 Å². The van der Waals surface area contributed by atoms with Crippen LogP contribution < -0.4 is 10.1 Å². The molecular weight excluding hydrogens is 335 g/mol. The Labute approximate surface area is 153 Å². The summed E-state index contributed by atoms with van der Waals surface area (Å²) in [5.41, 5.74) is 0.277. The maximum Gasteiger partial charge on any atom is 0.223 e. The van der Waals surface area contributed by atoms with Gasteiger partial charge in [-0.3, -0.25) is 9.59 Å². The molecule has 0 spiro atoms. The van der Waals surface area contributed by atoms with Crippen LogP contribution in [0, 0.1) is 11.7 Å². The number of methoxy groups -OCH3 is 1. The molecule has 142 valence electrons. The highest BCUT2D eigenvalue weighted by atomic mass is 19.1. The monoisotopic (exact) mass is 362 g/mol. The number of piperidine rings is 1. The Morgan fingerprint density at radius 2 is 1.92 bits per heavy atom. The summed E-state index contributed by atoms with van der Waals surface area (Å²) in [6, 6.07) is 4.64. The number of nitrogens with one attached hydrogen (secondary N) is 1. The number of benzene rings is 1. The first kappa shape index (κ1) is 18.8. The Morgan fingerprint density at radius 3 is 2.54 bits per heavy atom. The summed E-state index contributed by atoms with van der Waals surface area (Å²) in [5.74, 6) is 0.193. The number of rotatable bonds is 8. The molecule has 1 aromatic rings. The molecule has 0 unspecified atom stereocenters. The number of ketones is 1. The molecule has 1 aliphatic carbocycles. The fraction of sp³-hybridized carbons (Fsp3) is 0.600. The fourth-order valence-electron chi connectivity index (χ4n) is 3.35. The highest BCUT2D eigenvalue weighted by molar-refractivity contribution is 5.98. The predicted molar refractivity (Wildman–Crippen MR) is 96.8 cm³/mol. The van der Waals surface area contributed by atoms with Gasteiger partial charge in [0.2, 0.25) is 5.91 Å². The van der Waals surface area contributed by atoms with E-state index < -0.39 is 5.82 Å². The molecule has 1 saturated carbocycles. The second-order valence-corrected chi connectivity index (χ2v) is 7.28. The molecule has 26 heavy (non-hydrogen) atoms. The topological polar surface area (TPSA) is 58.6 Å². The third-order valence-corrected chi connectivity index (χ3v) is 5.28. The van der Waals surface area contributed by atoms with E-state index in [9.17, 15) is 14.0 Å². The molecule has 0 atom stereocenters. The van der Waals surface area contributed by atoms with Crippen molar-refractivity contribution in [1.29, 1.82) is 0 Å². The number of ether oxygens (including phenoxy) is 1. The van der Waals surface area contributed by atoms with Crippen LogP contribution in [0.15, 0.2) is 18.2 Å². The predicted octanol–water partition coefficient (Wildman–Crippen LogP) is 2.79. The van der Waals surface area contributed by atoms with E-state index in [0.717, 1.165) is 38.4 Å². The summed E-state index contributed by atoms with van der Waals surface area (Å²) in [6.07, 6.45) is 4.90. The number of likely N-dealkylation sites (tertiary alicyclic amines) is 1. The number of halogens is 1. The molecule has 6 heteroatoms. The number of carbonyl (C=O) groups excluding carboxylic acids is 2. The summed E-state index contributed by atoms with van der Waals surface area (Å²) in [4.78, 5) is 26.4. The van der Waals surface area contributed by atoms with E-state index in [1.165, 1.54) is 38.2 Å². The number of hydrogen-bond donors (Lipinski definition) is 1. The van der Waals surface area contributed by atoms with E-state index in [4.69, 9.17) is 4.74 Å². The highest BCUT2D eigenvalue weighted by Gasteiger charge is 2.26. The van der Waals surface area contributed by atoms with Crippen molar-refractivity contribution in [2.45, 2.75) is 44.6 Å². The van der Waals surface area contributed by atoms with Crippen LogP contribution >= 0.6 is 0 Å². The van der Waals surface area contributed by atoms with Crippen LogP contribution in [0.3, 0.4) is 0 Å². The van der Waals surface area contributed by atoms with Gasteiger partial charge in [-0.05, 0) is 56.3 Å². The van der Waals surface area contributed by atoms with Crippen LogP contribution in [0.5, 0.6) is 5.75 Å². The van der Waals surface area contributed by atoms with E-state index >= 15 is 0 Å². The number of hydrogen-bond acceptors (Lipinski definition) is 4. The molecule has 1 aliphatic heterocycles. The van der Waals surface area contributed by atoms with E-state index in [-0.39, 0.29) is 35.8 Å². The average molecular weight is 362 g/mol. The number of nitrogens with zero attached hydrogens (tertiary/aromatic N) is 1. The molecule has 1 aromatic carbocycles. The number of Topliss-reactive ketones (excluding diaryl/α,β-unsaturated/α-hetero) is 1. The lowest BCUT2D eigenvalue weighted by molar-refractivity contribution is -0.132. The minimum absolute atomic E-state index is 0.00739. The van der Waals surface area contributed by atoms with Gasteiger partial charge in [0.1, 0.15) is 0 Å². The third-order valence-electron chi connectivity index (χ3n) is 5.28. The molecule has 1 amide bonds. The van der Waals surface area contributed by atoms with Gasteiger partial charge in [0, 0.05) is 37.5 Å². The lowest BCUT2D eigenvalue weighted by atomic mass is 10.0. The Hall–Kier alpha value is -1.95. The SMILES string of the molecule is COc1ccc(C(=O)CCC(=O)N2CCC(NCC3CC3)CC2)cc1F. The zero-order valence-electron chi connectivity index (χ0n) is 15.3. The standard InChI is InChI=1S/C20H27FN2O3/c1-26-19-6-4-15(12-17(19)21)18(24)5-7-20(25)23-10-8-16(9-11-23)22-13-14-2-3-14/h4,6,12,14,16,22H,2-3,5,7-11,13H2,1H3. The van der Waals surface area contributed by atoms with Gasteiger partial charge in [-0.2, -0.15) is 0 Å². The van der Waals surface area contributed by atoms with Crippen LogP contribution in [0.1, 0.15) is 48.9 Å². The zero-order chi connectivity index (χ0) is 18.5.